The van der Waals surface area contributed by atoms with Gasteiger partial charge in [0.25, 0.3) is 0 Å². The lowest BCUT2D eigenvalue weighted by Crippen LogP contribution is -2.46. The Morgan fingerprint density at radius 3 is 2.38 bits per heavy atom. The maximum atomic E-state index is 8.51. The van der Waals surface area contributed by atoms with Crippen molar-refractivity contribution in [3.05, 3.63) is 12.7 Å². The minimum atomic E-state index is 0.579. The van der Waals surface area contributed by atoms with Gasteiger partial charge < -0.3 is 4.90 Å². The fourth-order valence-corrected chi connectivity index (χ4v) is 1.54. The van der Waals surface area contributed by atoms with Crippen LogP contribution in [0.5, 0.6) is 0 Å². The van der Waals surface area contributed by atoms with E-state index in [0.29, 0.717) is 6.54 Å². The van der Waals surface area contributed by atoms with Crippen LogP contribution in [0.4, 0.5) is 0 Å². The van der Waals surface area contributed by atoms with Crippen LogP contribution in [0.2, 0.25) is 0 Å². The van der Waals surface area contributed by atoms with Crippen LogP contribution in [-0.4, -0.2) is 49.1 Å². The Labute approximate surface area is 80.2 Å². The molecule has 0 aromatic rings. The Kier molecular flexibility index (Phi) is 4.52. The molecule has 0 aromatic carbocycles. The lowest BCUT2D eigenvalue weighted by molar-refractivity contribution is 0.145. The number of hydrogen-bond acceptors (Lipinski definition) is 3. The summed E-state index contributed by atoms with van der Waals surface area (Å²) in [6.45, 7) is 9.65. The number of nitriles is 1. The Morgan fingerprint density at radius 2 is 1.85 bits per heavy atom. The third-order valence-electron chi connectivity index (χ3n) is 2.41. The van der Waals surface area contributed by atoms with Gasteiger partial charge in [-0.2, -0.15) is 5.26 Å². The van der Waals surface area contributed by atoms with Crippen LogP contribution in [-0.2, 0) is 0 Å². The van der Waals surface area contributed by atoms with Gasteiger partial charge in [-0.05, 0) is 6.42 Å². The molecule has 3 heteroatoms. The summed E-state index contributed by atoms with van der Waals surface area (Å²) in [5.74, 6) is 0. The van der Waals surface area contributed by atoms with E-state index in [1.807, 2.05) is 6.08 Å². The highest BCUT2D eigenvalue weighted by atomic mass is 15.3. The normalized spacial score (nSPS) is 19.6. The molecule has 0 amide bonds. The fraction of sp³-hybridized carbons (Fsp3) is 0.700. The molecular weight excluding hydrogens is 162 g/mol. The van der Waals surface area contributed by atoms with Crippen molar-refractivity contribution in [3.8, 4) is 6.07 Å². The summed E-state index contributed by atoms with van der Waals surface area (Å²) in [4.78, 5) is 4.62. The van der Waals surface area contributed by atoms with Gasteiger partial charge in [-0.3, -0.25) is 4.90 Å². The Morgan fingerprint density at radius 1 is 1.23 bits per heavy atom. The summed E-state index contributed by atoms with van der Waals surface area (Å²) in [7, 11) is 0. The standard InChI is InChI=1S/C10H17N3/c1-2-3-5-12-7-9-13(6-4-11)10-8-12/h2H,1,3,5-10H2. The van der Waals surface area contributed by atoms with E-state index < -0.39 is 0 Å². The van der Waals surface area contributed by atoms with Gasteiger partial charge in [0.15, 0.2) is 0 Å². The zero-order valence-electron chi connectivity index (χ0n) is 8.08. The van der Waals surface area contributed by atoms with Crippen LogP contribution >= 0.6 is 0 Å². The largest absolute Gasteiger partial charge is 0.300 e. The SMILES string of the molecule is C=CCCN1CCN(CC#N)CC1. The average molecular weight is 179 g/mol. The van der Waals surface area contributed by atoms with Gasteiger partial charge in [0, 0.05) is 32.7 Å². The van der Waals surface area contributed by atoms with Crippen molar-refractivity contribution in [1.82, 2.24) is 9.80 Å². The summed E-state index contributed by atoms with van der Waals surface area (Å²) >= 11 is 0. The van der Waals surface area contributed by atoms with Crippen molar-refractivity contribution in [1.29, 1.82) is 5.26 Å². The molecular formula is C10H17N3. The van der Waals surface area contributed by atoms with E-state index in [1.165, 1.54) is 0 Å². The first-order valence-corrected chi connectivity index (χ1v) is 4.79. The van der Waals surface area contributed by atoms with Crippen LogP contribution < -0.4 is 0 Å². The van der Waals surface area contributed by atoms with E-state index >= 15 is 0 Å². The lowest BCUT2D eigenvalue weighted by atomic mass is 10.3. The zero-order chi connectivity index (χ0) is 9.52. The monoisotopic (exact) mass is 179 g/mol. The second-order valence-electron chi connectivity index (χ2n) is 3.35. The first-order valence-electron chi connectivity index (χ1n) is 4.79. The van der Waals surface area contributed by atoms with Crippen LogP contribution in [0.25, 0.3) is 0 Å². The molecule has 1 heterocycles. The van der Waals surface area contributed by atoms with Crippen molar-refractivity contribution in [3.63, 3.8) is 0 Å². The third kappa shape index (κ3) is 3.58. The van der Waals surface area contributed by atoms with Crippen LogP contribution in [0.3, 0.4) is 0 Å². The Balaban J connectivity index is 2.15. The molecule has 0 radical (unpaired) electrons. The van der Waals surface area contributed by atoms with Crippen molar-refractivity contribution < 1.29 is 0 Å². The summed E-state index contributed by atoms with van der Waals surface area (Å²) in [5, 5.41) is 8.51. The lowest BCUT2D eigenvalue weighted by Gasteiger charge is -2.33. The minimum absolute atomic E-state index is 0.579. The molecule has 0 N–H and O–H groups in total. The smallest absolute Gasteiger partial charge is 0.0866 e. The van der Waals surface area contributed by atoms with Gasteiger partial charge in [0.2, 0.25) is 0 Å². The van der Waals surface area contributed by atoms with E-state index in [0.717, 1.165) is 39.1 Å². The highest BCUT2D eigenvalue weighted by Gasteiger charge is 2.14. The molecule has 0 saturated carbocycles. The van der Waals surface area contributed by atoms with E-state index in [1.54, 1.807) is 0 Å². The van der Waals surface area contributed by atoms with Crippen LogP contribution in [0.1, 0.15) is 6.42 Å². The van der Waals surface area contributed by atoms with Crippen molar-refractivity contribution >= 4 is 0 Å². The quantitative estimate of drug-likeness (QED) is 0.470. The highest BCUT2D eigenvalue weighted by molar-refractivity contribution is 4.81. The summed E-state index contributed by atoms with van der Waals surface area (Å²) < 4.78 is 0. The van der Waals surface area contributed by atoms with Gasteiger partial charge >= 0.3 is 0 Å². The molecule has 0 bridgehead atoms. The fourth-order valence-electron chi connectivity index (χ4n) is 1.54. The van der Waals surface area contributed by atoms with E-state index in [2.05, 4.69) is 22.4 Å². The molecule has 1 saturated heterocycles. The summed E-state index contributed by atoms with van der Waals surface area (Å²) in [5.41, 5.74) is 0. The van der Waals surface area contributed by atoms with Gasteiger partial charge in [-0.1, -0.05) is 6.08 Å². The van der Waals surface area contributed by atoms with Gasteiger partial charge in [0.05, 0.1) is 12.6 Å². The van der Waals surface area contributed by atoms with Crippen LogP contribution in [0, 0.1) is 11.3 Å². The number of hydrogen-bond donors (Lipinski definition) is 0. The Hall–Kier alpha value is -0.850. The van der Waals surface area contributed by atoms with E-state index in [4.69, 9.17) is 5.26 Å². The number of piperazine rings is 1. The molecule has 1 aliphatic heterocycles. The molecule has 72 valence electrons. The molecule has 0 aromatic heterocycles. The Bertz CT molecular complexity index is 187. The van der Waals surface area contributed by atoms with Crippen molar-refractivity contribution in [2.45, 2.75) is 6.42 Å². The first-order chi connectivity index (χ1) is 6.36. The molecule has 0 aliphatic carbocycles. The predicted molar refractivity (Wildman–Crippen MR) is 53.3 cm³/mol. The maximum absolute atomic E-state index is 8.51. The predicted octanol–water partition coefficient (Wildman–Crippen LogP) is 0.704. The maximum Gasteiger partial charge on any atom is 0.0866 e. The number of rotatable bonds is 4. The molecule has 13 heavy (non-hydrogen) atoms. The van der Waals surface area contributed by atoms with E-state index in [9.17, 15) is 0 Å². The second kappa shape index (κ2) is 5.74. The van der Waals surface area contributed by atoms with Crippen molar-refractivity contribution in [2.24, 2.45) is 0 Å². The summed E-state index contributed by atoms with van der Waals surface area (Å²) in [6, 6.07) is 2.19. The van der Waals surface area contributed by atoms with Gasteiger partial charge in [0.1, 0.15) is 0 Å². The molecule has 3 nitrogen and oxygen atoms in total. The molecule has 0 spiro atoms. The van der Waals surface area contributed by atoms with Gasteiger partial charge in [-0.25, -0.2) is 0 Å². The van der Waals surface area contributed by atoms with Crippen molar-refractivity contribution in [2.75, 3.05) is 39.3 Å². The summed E-state index contributed by atoms with van der Waals surface area (Å²) in [6.07, 6.45) is 3.03. The zero-order valence-corrected chi connectivity index (χ0v) is 8.08. The van der Waals surface area contributed by atoms with Gasteiger partial charge in [-0.15, -0.1) is 6.58 Å². The van der Waals surface area contributed by atoms with Crippen LogP contribution in [0.15, 0.2) is 12.7 Å². The minimum Gasteiger partial charge on any atom is -0.300 e. The molecule has 0 atom stereocenters. The third-order valence-corrected chi connectivity index (χ3v) is 2.41. The number of nitrogens with zero attached hydrogens (tertiary/aromatic N) is 3. The molecule has 1 aliphatic rings. The average Bonchev–Trinajstić information content (AvgIpc) is 2.17. The second-order valence-corrected chi connectivity index (χ2v) is 3.35. The molecule has 1 rings (SSSR count). The topological polar surface area (TPSA) is 30.3 Å². The van der Waals surface area contributed by atoms with E-state index in [-0.39, 0.29) is 0 Å². The molecule has 1 fully saturated rings. The highest BCUT2D eigenvalue weighted by Crippen LogP contribution is 2.01. The molecule has 0 unspecified atom stereocenters. The first kappa shape index (κ1) is 10.2.